The summed E-state index contributed by atoms with van der Waals surface area (Å²) in [6, 6.07) is 2.51. The van der Waals surface area contributed by atoms with Gasteiger partial charge in [-0.2, -0.15) is 13.2 Å². The van der Waals surface area contributed by atoms with Crippen LogP contribution in [0, 0.1) is 5.82 Å². The lowest BCUT2D eigenvalue weighted by Gasteiger charge is -2.37. The number of hydrogen-bond donors (Lipinski definition) is 2. The Hall–Kier alpha value is -3.12. The molecule has 0 unspecified atom stereocenters. The Labute approximate surface area is 197 Å². The topological polar surface area (TPSA) is 83.3 Å². The van der Waals surface area contributed by atoms with Crippen molar-refractivity contribution in [1.29, 1.82) is 0 Å². The van der Waals surface area contributed by atoms with Crippen molar-refractivity contribution in [2.45, 2.75) is 44.3 Å². The molecule has 35 heavy (non-hydrogen) atoms. The number of fused-ring (bicyclic) bond motifs is 1. The third kappa shape index (κ3) is 5.59. The molecule has 0 spiro atoms. The molecule has 0 saturated carbocycles. The summed E-state index contributed by atoms with van der Waals surface area (Å²) >= 11 is 0. The molecule has 4 rings (SSSR count). The van der Waals surface area contributed by atoms with Gasteiger partial charge in [0.1, 0.15) is 11.9 Å². The summed E-state index contributed by atoms with van der Waals surface area (Å²) in [6.45, 7) is 4.13. The highest BCUT2D eigenvalue weighted by atomic mass is 19.4. The van der Waals surface area contributed by atoms with Crippen LogP contribution in [-0.4, -0.2) is 67.9 Å². The van der Waals surface area contributed by atoms with Crippen LogP contribution in [0.1, 0.15) is 36.3 Å². The van der Waals surface area contributed by atoms with Crippen LogP contribution < -0.4 is 5.32 Å². The molecule has 0 aliphatic carbocycles. The minimum Gasteiger partial charge on any atom is -0.389 e. The van der Waals surface area contributed by atoms with Crippen molar-refractivity contribution in [2.75, 3.05) is 19.6 Å². The molecule has 4 heterocycles. The molecule has 2 atom stereocenters. The van der Waals surface area contributed by atoms with Gasteiger partial charge in [-0.15, -0.1) is 0 Å². The minimum atomic E-state index is -4.74. The van der Waals surface area contributed by atoms with E-state index in [1.807, 2.05) is 0 Å². The zero-order valence-corrected chi connectivity index (χ0v) is 19.0. The predicted octanol–water partition coefficient (Wildman–Crippen LogP) is 3.49. The molecule has 1 aliphatic rings. The monoisotopic (exact) mass is 497 g/mol. The van der Waals surface area contributed by atoms with Gasteiger partial charge < -0.3 is 10.4 Å². The van der Waals surface area contributed by atoms with E-state index in [4.69, 9.17) is 0 Å². The maximum atomic E-state index is 14.7. The summed E-state index contributed by atoms with van der Waals surface area (Å²) in [5.41, 5.74) is -1.94. The average molecular weight is 497 g/mol. The first-order chi connectivity index (χ1) is 16.3. The van der Waals surface area contributed by atoms with Crippen LogP contribution in [0.25, 0.3) is 16.7 Å². The summed E-state index contributed by atoms with van der Waals surface area (Å²) in [6.07, 6.45) is -2.45. The van der Waals surface area contributed by atoms with Gasteiger partial charge in [-0.3, -0.25) is 19.2 Å². The van der Waals surface area contributed by atoms with Gasteiger partial charge in [-0.25, -0.2) is 13.8 Å². The summed E-state index contributed by atoms with van der Waals surface area (Å²) < 4.78 is 68.9. The van der Waals surface area contributed by atoms with Crippen molar-refractivity contribution in [1.82, 2.24) is 24.8 Å². The third-order valence-corrected chi connectivity index (χ3v) is 5.74. The molecule has 1 fully saturated rings. The Balaban J connectivity index is 1.53. The number of carbonyl (C=O) groups is 1. The summed E-state index contributed by atoms with van der Waals surface area (Å²) in [5, 5.41) is 13.1. The molecule has 3 aromatic rings. The number of alkyl halides is 4. The summed E-state index contributed by atoms with van der Waals surface area (Å²) in [7, 11) is 0. The smallest absolute Gasteiger partial charge is 0.389 e. The van der Waals surface area contributed by atoms with Gasteiger partial charge in [0.2, 0.25) is 0 Å². The van der Waals surface area contributed by atoms with E-state index >= 15 is 0 Å². The van der Waals surface area contributed by atoms with Gasteiger partial charge in [-0.1, -0.05) is 0 Å². The van der Waals surface area contributed by atoms with Crippen LogP contribution in [-0.2, 0) is 6.18 Å². The highest BCUT2D eigenvalue weighted by Crippen LogP contribution is 2.30. The molecule has 12 heteroatoms. The number of hydrogen-bond acceptors (Lipinski definition) is 5. The molecule has 0 bridgehead atoms. The second-order valence-electron chi connectivity index (χ2n) is 9.27. The molecule has 7 nitrogen and oxygen atoms in total. The van der Waals surface area contributed by atoms with E-state index < -0.39 is 41.3 Å². The van der Waals surface area contributed by atoms with E-state index in [0.29, 0.717) is 42.7 Å². The Morgan fingerprint density at radius 2 is 1.97 bits per heavy atom. The number of amides is 1. The number of nitrogens with one attached hydrogen (secondary N) is 1. The third-order valence-electron chi connectivity index (χ3n) is 5.74. The van der Waals surface area contributed by atoms with Crippen LogP contribution in [0.5, 0.6) is 0 Å². The first kappa shape index (κ1) is 25.0. The highest BCUT2D eigenvalue weighted by molar-refractivity contribution is 5.96. The second-order valence-corrected chi connectivity index (χ2v) is 9.27. The zero-order valence-electron chi connectivity index (χ0n) is 19.0. The Morgan fingerprint density at radius 3 is 2.60 bits per heavy atom. The van der Waals surface area contributed by atoms with Gasteiger partial charge >= 0.3 is 6.18 Å². The number of piperidine rings is 1. The number of carbonyl (C=O) groups excluding carboxylic acids is 1. The molecule has 0 radical (unpaired) electrons. The van der Waals surface area contributed by atoms with E-state index in [2.05, 4.69) is 15.3 Å². The van der Waals surface area contributed by atoms with Crippen molar-refractivity contribution in [3.8, 4) is 5.82 Å². The van der Waals surface area contributed by atoms with E-state index in [1.165, 1.54) is 23.0 Å². The van der Waals surface area contributed by atoms with Crippen molar-refractivity contribution in [3.63, 3.8) is 0 Å². The van der Waals surface area contributed by atoms with E-state index in [-0.39, 0.29) is 18.1 Å². The fourth-order valence-electron chi connectivity index (χ4n) is 4.16. The minimum absolute atomic E-state index is 0.0586. The first-order valence-electron chi connectivity index (χ1n) is 10.9. The van der Waals surface area contributed by atoms with Crippen molar-refractivity contribution in [2.24, 2.45) is 0 Å². The molecule has 0 aromatic carbocycles. The van der Waals surface area contributed by atoms with Gasteiger partial charge in [0.15, 0.2) is 11.6 Å². The van der Waals surface area contributed by atoms with Gasteiger partial charge in [0.25, 0.3) is 5.91 Å². The fraction of sp³-hybridized carbons (Fsp3) is 0.435. The second kappa shape index (κ2) is 9.15. The molecular formula is C23H24F5N5O2. The maximum Gasteiger partial charge on any atom is 0.417 e. The molecular weight excluding hydrogens is 473 g/mol. The SMILES string of the molecule is CC(C)(O)CN1CC[C@@H](NC(=O)c2cc3c(ccn3-c3ncc(C(F)(F)F)cc3F)cn2)[C@@H](F)C1. The van der Waals surface area contributed by atoms with Crippen molar-refractivity contribution in [3.05, 3.63) is 53.9 Å². The van der Waals surface area contributed by atoms with Crippen molar-refractivity contribution < 1.29 is 31.9 Å². The number of pyridine rings is 2. The quantitative estimate of drug-likeness (QED) is 0.528. The zero-order chi connectivity index (χ0) is 25.5. The van der Waals surface area contributed by atoms with Crippen LogP contribution in [0.2, 0.25) is 0 Å². The van der Waals surface area contributed by atoms with E-state index in [1.54, 1.807) is 24.8 Å². The molecule has 1 aliphatic heterocycles. The van der Waals surface area contributed by atoms with Crippen LogP contribution in [0.4, 0.5) is 22.0 Å². The standard InChI is InChI=1S/C23H24F5N5O2/c1-22(2,35)12-32-5-4-17(16(25)11-32)31-21(34)18-8-19-13(9-29-18)3-6-33(19)20-15(24)7-14(10-30-20)23(26,27)28/h3,6-10,16-17,35H,4-5,11-12H2,1-2H3,(H,31,34)/t16-,17+/m0/s1. The number of nitrogens with zero attached hydrogens (tertiary/aromatic N) is 4. The van der Waals surface area contributed by atoms with Gasteiger partial charge in [0.05, 0.1) is 22.7 Å². The molecule has 1 amide bonds. The molecule has 2 N–H and O–H groups in total. The number of β-amino-alcohol motifs (C(OH)–C–C–N with tert-alkyl or cyclic N) is 1. The largest absolute Gasteiger partial charge is 0.417 e. The van der Waals surface area contributed by atoms with Crippen molar-refractivity contribution >= 4 is 16.8 Å². The molecule has 1 saturated heterocycles. The average Bonchev–Trinajstić information content (AvgIpc) is 3.17. The summed E-state index contributed by atoms with van der Waals surface area (Å²) in [5.74, 6) is -2.18. The Kier molecular flexibility index (Phi) is 6.54. The number of halogens is 5. The maximum absolute atomic E-state index is 14.7. The molecule has 188 valence electrons. The Morgan fingerprint density at radius 1 is 1.23 bits per heavy atom. The van der Waals surface area contributed by atoms with Gasteiger partial charge in [0, 0.05) is 43.6 Å². The summed E-state index contributed by atoms with van der Waals surface area (Å²) in [4.78, 5) is 22.3. The Bertz CT molecular complexity index is 1240. The van der Waals surface area contributed by atoms with E-state index in [0.717, 1.165) is 0 Å². The van der Waals surface area contributed by atoms with Crippen LogP contribution in [0.15, 0.2) is 36.8 Å². The lowest BCUT2D eigenvalue weighted by atomic mass is 10.0. The fourth-order valence-corrected chi connectivity index (χ4v) is 4.16. The number of aromatic nitrogens is 3. The van der Waals surface area contributed by atoms with Crippen LogP contribution in [0.3, 0.4) is 0 Å². The van der Waals surface area contributed by atoms with Gasteiger partial charge in [-0.05, 0) is 38.5 Å². The lowest BCUT2D eigenvalue weighted by Crippen LogP contribution is -2.54. The van der Waals surface area contributed by atoms with Crippen LogP contribution >= 0.6 is 0 Å². The predicted molar refractivity (Wildman–Crippen MR) is 117 cm³/mol. The highest BCUT2D eigenvalue weighted by Gasteiger charge is 2.33. The number of aliphatic hydroxyl groups is 1. The number of likely N-dealkylation sites (tertiary alicyclic amines) is 1. The molecule has 3 aromatic heterocycles. The number of rotatable bonds is 5. The first-order valence-corrected chi connectivity index (χ1v) is 10.9. The normalized spacial score (nSPS) is 19.8. The lowest BCUT2D eigenvalue weighted by molar-refractivity contribution is -0.138. The van der Waals surface area contributed by atoms with E-state index in [9.17, 15) is 31.9 Å².